The summed E-state index contributed by atoms with van der Waals surface area (Å²) < 4.78 is 11.1. The standard InChI is InChI=1S/C10H10N2O5/c1-16-5-4-11-8-6-7(12(14)15)2-3-9(8)17-10(11)13/h2-3,6H,4-5H2,1H3. The summed E-state index contributed by atoms with van der Waals surface area (Å²) in [5.41, 5.74) is 0.655. The van der Waals surface area contributed by atoms with Crippen molar-refractivity contribution in [2.75, 3.05) is 13.7 Å². The lowest BCUT2D eigenvalue weighted by atomic mass is 10.3. The van der Waals surface area contributed by atoms with E-state index < -0.39 is 10.7 Å². The number of nitrogens with zero attached hydrogens (tertiary/aromatic N) is 2. The molecule has 0 bridgehead atoms. The second kappa shape index (κ2) is 4.38. The minimum Gasteiger partial charge on any atom is -0.408 e. The first-order valence-electron chi connectivity index (χ1n) is 4.90. The van der Waals surface area contributed by atoms with Crippen molar-refractivity contribution in [1.29, 1.82) is 0 Å². The highest BCUT2D eigenvalue weighted by Gasteiger charge is 2.13. The average Bonchev–Trinajstić information content (AvgIpc) is 2.61. The van der Waals surface area contributed by atoms with E-state index >= 15 is 0 Å². The molecule has 0 aliphatic heterocycles. The number of hydrogen-bond donors (Lipinski definition) is 0. The maximum Gasteiger partial charge on any atom is 0.420 e. The molecule has 0 aliphatic rings. The molecular formula is C10H10N2O5. The highest BCUT2D eigenvalue weighted by Crippen LogP contribution is 2.19. The number of rotatable bonds is 4. The number of non-ortho nitro benzene ring substituents is 1. The highest BCUT2D eigenvalue weighted by atomic mass is 16.6. The third-order valence-electron chi connectivity index (χ3n) is 2.38. The first-order valence-corrected chi connectivity index (χ1v) is 4.90. The van der Waals surface area contributed by atoms with Gasteiger partial charge in [0, 0.05) is 19.2 Å². The second-order valence-corrected chi connectivity index (χ2v) is 3.42. The van der Waals surface area contributed by atoms with Crippen molar-refractivity contribution >= 4 is 16.8 Å². The maximum atomic E-state index is 11.5. The van der Waals surface area contributed by atoms with E-state index in [0.29, 0.717) is 24.3 Å². The zero-order valence-electron chi connectivity index (χ0n) is 9.08. The van der Waals surface area contributed by atoms with Gasteiger partial charge in [-0.25, -0.2) is 4.79 Å². The topological polar surface area (TPSA) is 87.5 Å². The first-order chi connectivity index (χ1) is 8.13. The molecule has 0 radical (unpaired) electrons. The second-order valence-electron chi connectivity index (χ2n) is 3.42. The van der Waals surface area contributed by atoms with Gasteiger partial charge in [0.25, 0.3) is 5.69 Å². The van der Waals surface area contributed by atoms with E-state index in [0.717, 1.165) is 0 Å². The SMILES string of the molecule is COCCn1c(=O)oc2ccc([N+](=O)[O-])cc21. The Morgan fingerprint density at radius 1 is 1.53 bits per heavy atom. The fourth-order valence-electron chi connectivity index (χ4n) is 1.56. The Balaban J connectivity index is 2.57. The van der Waals surface area contributed by atoms with Crippen LogP contribution in [0, 0.1) is 10.1 Å². The molecule has 1 aromatic carbocycles. The van der Waals surface area contributed by atoms with Crippen molar-refractivity contribution in [2.24, 2.45) is 0 Å². The fraction of sp³-hybridized carbons (Fsp3) is 0.300. The van der Waals surface area contributed by atoms with Crippen LogP contribution in [0.5, 0.6) is 0 Å². The van der Waals surface area contributed by atoms with Crippen LogP contribution in [0.1, 0.15) is 0 Å². The zero-order valence-corrected chi connectivity index (χ0v) is 9.08. The fourth-order valence-corrected chi connectivity index (χ4v) is 1.56. The third-order valence-corrected chi connectivity index (χ3v) is 2.38. The van der Waals surface area contributed by atoms with Gasteiger partial charge in [0.05, 0.1) is 23.6 Å². The summed E-state index contributed by atoms with van der Waals surface area (Å²) in [5.74, 6) is -0.544. The third kappa shape index (κ3) is 2.04. The summed E-state index contributed by atoms with van der Waals surface area (Å²) in [6.07, 6.45) is 0. The summed E-state index contributed by atoms with van der Waals surface area (Å²) in [6, 6.07) is 4.03. The monoisotopic (exact) mass is 238 g/mol. The lowest BCUT2D eigenvalue weighted by Gasteiger charge is -2.00. The largest absolute Gasteiger partial charge is 0.420 e. The molecule has 1 heterocycles. The van der Waals surface area contributed by atoms with E-state index in [-0.39, 0.29) is 5.69 Å². The molecule has 90 valence electrons. The number of oxazole rings is 1. The van der Waals surface area contributed by atoms with Crippen molar-refractivity contribution in [2.45, 2.75) is 6.54 Å². The zero-order chi connectivity index (χ0) is 12.4. The molecule has 2 rings (SSSR count). The summed E-state index contributed by atoms with van der Waals surface area (Å²) in [6.45, 7) is 0.626. The number of fused-ring (bicyclic) bond motifs is 1. The van der Waals surface area contributed by atoms with Gasteiger partial charge in [-0.1, -0.05) is 0 Å². The molecule has 0 unspecified atom stereocenters. The van der Waals surface area contributed by atoms with Crippen LogP contribution >= 0.6 is 0 Å². The Kier molecular flexibility index (Phi) is 2.92. The lowest BCUT2D eigenvalue weighted by Crippen LogP contribution is -2.16. The van der Waals surface area contributed by atoms with Crippen molar-refractivity contribution in [1.82, 2.24) is 4.57 Å². The van der Waals surface area contributed by atoms with Crippen molar-refractivity contribution in [3.63, 3.8) is 0 Å². The van der Waals surface area contributed by atoms with Crippen LogP contribution in [0.3, 0.4) is 0 Å². The predicted molar refractivity (Wildman–Crippen MR) is 59.0 cm³/mol. The molecule has 0 fully saturated rings. The maximum absolute atomic E-state index is 11.5. The van der Waals surface area contributed by atoms with Crippen LogP contribution in [0.15, 0.2) is 27.4 Å². The molecule has 1 aromatic heterocycles. The smallest absolute Gasteiger partial charge is 0.408 e. The summed E-state index contributed by atoms with van der Waals surface area (Å²) in [7, 11) is 1.51. The summed E-state index contributed by atoms with van der Waals surface area (Å²) in [4.78, 5) is 21.6. The van der Waals surface area contributed by atoms with Gasteiger partial charge < -0.3 is 9.15 Å². The van der Waals surface area contributed by atoms with Crippen molar-refractivity contribution in [3.05, 3.63) is 38.9 Å². The summed E-state index contributed by atoms with van der Waals surface area (Å²) >= 11 is 0. The van der Waals surface area contributed by atoms with Gasteiger partial charge >= 0.3 is 5.76 Å². The summed E-state index contributed by atoms with van der Waals surface area (Å²) in [5, 5.41) is 10.6. The molecule has 0 aliphatic carbocycles. The quantitative estimate of drug-likeness (QED) is 0.588. The van der Waals surface area contributed by atoms with Gasteiger partial charge in [0.15, 0.2) is 5.58 Å². The molecule has 0 atom stereocenters. The molecule has 0 saturated heterocycles. The van der Waals surface area contributed by atoms with E-state index in [4.69, 9.17) is 9.15 Å². The predicted octanol–water partition coefficient (Wildman–Crippen LogP) is 1.15. The number of aromatic nitrogens is 1. The van der Waals surface area contributed by atoms with Gasteiger partial charge in [-0.3, -0.25) is 14.7 Å². The normalized spacial score (nSPS) is 10.9. The Morgan fingerprint density at radius 3 is 2.94 bits per heavy atom. The van der Waals surface area contributed by atoms with Crippen LogP contribution in [0.4, 0.5) is 5.69 Å². The van der Waals surface area contributed by atoms with Crippen LogP contribution in [0.2, 0.25) is 0 Å². The number of nitro groups is 1. The van der Waals surface area contributed by atoms with Gasteiger partial charge in [-0.05, 0) is 6.07 Å². The molecule has 0 amide bonds. The lowest BCUT2D eigenvalue weighted by molar-refractivity contribution is -0.384. The molecule has 7 heteroatoms. The van der Waals surface area contributed by atoms with Gasteiger partial charge in [0.1, 0.15) is 0 Å². The number of benzene rings is 1. The Hall–Kier alpha value is -2.15. The van der Waals surface area contributed by atoms with E-state index in [1.807, 2.05) is 0 Å². The first kappa shape index (κ1) is 11.3. The number of ether oxygens (including phenoxy) is 1. The van der Waals surface area contributed by atoms with E-state index in [1.165, 1.54) is 29.9 Å². The Morgan fingerprint density at radius 2 is 2.29 bits per heavy atom. The molecule has 17 heavy (non-hydrogen) atoms. The van der Waals surface area contributed by atoms with Crippen molar-refractivity contribution in [3.8, 4) is 0 Å². The van der Waals surface area contributed by atoms with E-state index in [2.05, 4.69) is 0 Å². The molecule has 0 saturated carbocycles. The van der Waals surface area contributed by atoms with E-state index in [1.54, 1.807) is 0 Å². The molecule has 0 spiro atoms. The minimum atomic E-state index is -0.544. The molecule has 7 nitrogen and oxygen atoms in total. The van der Waals surface area contributed by atoms with Gasteiger partial charge in [0.2, 0.25) is 0 Å². The minimum absolute atomic E-state index is 0.0792. The number of methoxy groups -OCH3 is 1. The van der Waals surface area contributed by atoms with Gasteiger partial charge in [-0.2, -0.15) is 0 Å². The molecular weight excluding hydrogens is 228 g/mol. The highest BCUT2D eigenvalue weighted by molar-refractivity contribution is 5.75. The van der Waals surface area contributed by atoms with Gasteiger partial charge in [-0.15, -0.1) is 0 Å². The van der Waals surface area contributed by atoms with Crippen molar-refractivity contribution < 1.29 is 14.1 Å². The van der Waals surface area contributed by atoms with Crippen LogP contribution in [0.25, 0.3) is 11.1 Å². The van der Waals surface area contributed by atoms with Crippen LogP contribution in [-0.4, -0.2) is 23.2 Å². The Bertz CT molecular complexity index is 613. The number of nitro benzene ring substituents is 1. The Labute approximate surface area is 95.4 Å². The van der Waals surface area contributed by atoms with Crippen LogP contribution < -0.4 is 5.76 Å². The van der Waals surface area contributed by atoms with Crippen LogP contribution in [-0.2, 0) is 11.3 Å². The molecule has 0 N–H and O–H groups in total. The molecule has 2 aromatic rings. The average molecular weight is 238 g/mol. The van der Waals surface area contributed by atoms with E-state index in [9.17, 15) is 14.9 Å². The number of hydrogen-bond acceptors (Lipinski definition) is 5.